The minimum absolute atomic E-state index is 0.00671. The summed E-state index contributed by atoms with van der Waals surface area (Å²) in [6.45, 7) is 7.36. The van der Waals surface area contributed by atoms with E-state index < -0.39 is 0 Å². The maximum Gasteiger partial charge on any atom is 0.220 e. The van der Waals surface area contributed by atoms with Gasteiger partial charge in [-0.15, -0.1) is 0 Å². The molecule has 0 spiro atoms. The minimum atomic E-state index is -0.149. The molecule has 3 rings (SSSR count). The van der Waals surface area contributed by atoms with Crippen LogP contribution in [0.3, 0.4) is 0 Å². The van der Waals surface area contributed by atoms with Gasteiger partial charge in [0.25, 0.3) is 0 Å². The van der Waals surface area contributed by atoms with E-state index in [0.717, 1.165) is 37.7 Å². The first-order valence-electron chi connectivity index (χ1n) is 8.10. The number of hydrogen-bond acceptors (Lipinski definition) is 5. The van der Waals surface area contributed by atoms with Crippen molar-refractivity contribution in [2.45, 2.75) is 52.4 Å². The van der Waals surface area contributed by atoms with E-state index in [0.29, 0.717) is 12.8 Å². The zero-order valence-corrected chi connectivity index (χ0v) is 13.6. The Morgan fingerprint density at radius 3 is 3.17 bits per heavy atom. The molecule has 124 valence electrons. The molecule has 0 radical (unpaired) electrons. The molecule has 1 aliphatic rings. The largest absolute Gasteiger partial charge is 0.346 e. The average Bonchev–Trinajstić information content (AvgIpc) is 3.18. The number of amides is 1. The molecule has 0 aliphatic carbocycles. The van der Waals surface area contributed by atoms with E-state index >= 15 is 0 Å². The Morgan fingerprint density at radius 2 is 2.39 bits per heavy atom. The van der Waals surface area contributed by atoms with Crippen LogP contribution in [0.1, 0.15) is 43.5 Å². The highest BCUT2D eigenvalue weighted by atomic mass is 16.1. The van der Waals surface area contributed by atoms with Gasteiger partial charge in [0.05, 0.1) is 24.0 Å². The van der Waals surface area contributed by atoms with Crippen molar-refractivity contribution in [1.82, 2.24) is 35.2 Å². The average molecular weight is 317 g/mol. The molecule has 8 heteroatoms. The fourth-order valence-electron chi connectivity index (χ4n) is 2.85. The lowest BCUT2D eigenvalue weighted by Crippen LogP contribution is -2.29. The molecule has 2 aromatic rings. The first-order valence-corrected chi connectivity index (χ1v) is 8.10. The Bertz CT molecular complexity index is 652. The summed E-state index contributed by atoms with van der Waals surface area (Å²) in [5.41, 5.74) is 2.17. The monoisotopic (exact) mass is 317 g/mol. The number of fused-ring (bicyclic) bond motifs is 1. The number of nitrogens with zero attached hydrogens (tertiary/aromatic N) is 5. The maximum absolute atomic E-state index is 12.1. The Labute approximate surface area is 135 Å². The van der Waals surface area contributed by atoms with E-state index in [-0.39, 0.29) is 11.9 Å². The van der Waals surface area contributed by atoms with Crippen molar-refractivity contribution in [2.24, 2.45) is 0 Å². The fraction of sp³-hybridized carbons (Fsp3) is 0.600. The first-order chi connectivity index (χ1) is 11.2. The standard InChI is InChI=1S/C15H23N7O/c1-3-21-15(17-10-18-21)11(2)19-14(23)5-4-12-8-13-9-16-6-7-22(13)20-12/h8,10-11,16H,3-7,9H2,1-2H3,(H,19,23). The second-order valence-corrected chi connectivity index (χ2v) is 5.75. The van der Waals surface area contributed by atoms with Gasteiger partial charge in [0, 0.05) is 32.5 Å². The summed E-state index contributed by atoms with van der Waals surface area (Å²) in [5, 5.41) is 15.0. The zero-order valence-electron chi connectivity index (χ0n) is 13.6. The van der Waals surface area contributed by atoms with Crippen LogP contribution in [0.15, 0.2) is 12.4 Å². The number of nitrogens with one attached hydrogen (secondary N) is 2. The summed E-state index contributed by atoms with van der Waals surface area (Å²) in [6, 6.07) is 1.93. The van der Waals surface area contributed by atoms with Crippen molar-refractivity contribution in [3.05, 3.63) is 29.6 Å². The minimum Gasteiger partial charge on any atom is -0.346 e. The second-order valence-electron chi connectivity index (χ2n) is 5.75. The molecule has 0 fully saturated rings. The van der Waals surface area contributed by atoms with Crippen LogP contribution in [0.2, 0.25) is 0 Å². The van der Waals surface area contributed by atoms with Gasteiger partial charge in [-0.05, 0) is 19.9 Å². The van der Waals surface area contributed by atoms with Gasteiger partial charge in [-0.1, -0.05) is 0 Å². The van der Waals surface area contributed by atoms with Crippen molar-refractivity contribution in [3.8, 4) is 0 Å². The van der Waals surface area contributed by atoms with Crippen molar-refractivity contribution in [3.63, 3.8) is 0 Å². The van der Waals surface area contributed by atoms with Gasteiger partial charge in [-0.25, -0.2) is 9.67 Å². The molecule has 0 aromatic carbocycles. The summed E-state index contributed by atoms with van der Waals surface area (Å²) in [4.78, 5) is 16.4. The highest BCUT2D eigenvalue weighted by Crippen LogP contribution is 2.11. The van der Waals surface area contributed by atoms with Crippen LogP contribution in [0, 0.1) is 0 Å². The van der Waals surface area contributed by atoms with E-state index in [4.69, 9.17) is 0 Å². The molecule has 3 heterocycles. The molecular weight excluding hydrogens is 294 g/mol. The quantitative estimate of drug-likeness (QED) is 0.805. The van der Waals surface area contributed by atoms with Crippen LogP contribution in [-0.4, -0.2) is 37.0 Å². The topological polar surface area (TPSA) is 89.7 Å². The molecule has 23 heavy (non-hydrogen) atoms. The van der Waals surface area contributed by atoms with Crippen molar-refractivity contribution in [2.75, 3.05) is 6.54 Å². The highest BCUT2D eigenvalue weighted by Gasteiger charge is 2.16. The van der Waals surface area contributed by atoms with E-state index in [9.17, 15) is 4.79 Å². The van der Waals surface area contributed by atoms with Crippen molar-refractivity contribution in [1.29, 1.82) is 0 Å². The lowest BCUT2D eigenvalue weighted by Gasteiger charge is -2.13. The van der Waals surface area contributed by atoms with Crippen LogP contribution in [0.25, 0.3) is 0 Å². The van der Waals surface area contributed by atoms with Gasteiger partial charge in [0.1, 0.15) is 12.2 Å². The van der Waals surface area contributed by atoms with E-state index in [1.807, 2.05) is 18.5 Å². The zero-order chi connectivity index (χ0) is 16.2. The molecule has 2 N–H and O–H groups in total. The summed E-state index contributed by atoms with van der Waals surface area (Å²) >= 11 is 0. The second kappa shape index (κ2) is 6.91. The molecular formula is C15H23N7O. The van der Waals surface area contributed by atoms with Gasteiger partial charge < -0.3 is 10.6 Å². The number of hydrogen-bond donors (Lipinski definition) is 2. The Hall–Kier alpha value is -2.22. The summed E-state index contributed by atoms with van der Waals surface area (Å²) in [6.07, 6.45) is 2.60. The Balaban J connectivity index is 1.52. The van der Waals surface area contributed by atoms with E-state index in [2.05, 4.69) is 31.9 Å². The van der Waals surface area contributed by atoms with Crippen LogP contribution < -0.4 is 10.6 Å². The van der Waals surface area contributed by atoms with E-state index in [1.165, 1.54) is 12.0 Å². The summed E-state index contributed by atoms with van der Waals surface area (Å²) < 4.78 is 3.82. The fourth-order valence-corrected chi connectivity index (χ4v) is 2.85. The van der Waals surface area contributed by atoms with Crippen LogP contribution in [0.4, 0.5) is 0 Å². The third-order valence-electron chi connectivity index (χ3n) is 4.04. The normalized spacial score (nSPS) is 15.2. The molecule has 0 bridgehead atoms. The van der Waals surface area contributed by atoms with Gasteiger partial charge in [-0.2, -0.15) is 10.2 Å². The van der Waals surface area contributed by atoms with Crippen LogP contribution in [-0.2, 0) is 30.8 Å². The molecule has 8 nitrogen and oxygen atoms in total. The van der Waals surface area contributed by atoms with Gasteiger partial charge in [0.15, 0.2) is 0 Å². The molecule has 0 saturated carbocycles. The van der Waals surface area contributed by atoms with Gasteiger partial charge >= 0.3 is 0 Å². The number of rotatable bonds is 6. The molecule has 1 aliphatic heterocycles. The van der Waals surface area contributed by atoms with Crippen molar-refractivity contribution < 1.29 is 4.79 Å². The Kier molecular flexibility index (Phi) is 4.71. The molecule has 1 atom stereocenters. The molecule has 1 unspecified atom stereocenters. The lowest BCUT2D eigenvalue weighted by atomic mass is 10.2. The predicted octanol–water partition coefficient (Wildman–Crippen LogP) is 0.408. The number of aromatic nitrogens is 5. The Morgan fingerprint density at radius 1 is 1.52 bits per heavy atom. The lowest BCUT2D eigenvalue weighted by molar-refractivity contribution is -0.121. The summed E-state index contributed by atoms with van der Waals surface area (Å²) in [7, 11) is 0. The third-order valence-corrected chi connectivity index (χ3v) is 4.04. The van der Waals surface area contributed by atoms with Crippen LogP contribution in [0.5, 0.6) is 0 Å². The van der Waals surface area contributed by atoms with Crippen LogP contribution >= 0.6 is 0 Å². The molecule has 0 saturated heterocycles. The maximum atomic E-state index is 12.1. The van der Waals surface area contributed by atoms with Gasteiger partial charge in [0.2, 0.25) is 5.91 Å². The first kappa shape index (κ1) is 15.7. The number of aryl methyl sites for hydroxylation is 2. The molecule has 2 aromatic heterocycles. The highest BCUT2D eigenvalue weighted by molar-refractivity contribution is 5.76. The van der Waals surface area contributed by atoms with Gasteiger partial charge in [-0.3, -0.25) is 9.48 Å². The van der Waals surface area contributed by atoms with Crippen molar-refractivity contribution >= 4 is 5.91 Å². The van der Waals surface area contributed by atoms with E-state index in [1.54, 1.807) is 4.68 Å². The molecule has 1 amide bonds. The SMILES string of the molecule is CCn1ncnc1C(C)NC(=O)CCc1cc2n(n1)CCNC2. The third kappa shape index (κ3) is 3.58. The predicted molar refractivity (Wildman–Crippen MR) is 84.5 cm³/mol. The summed E-state index contributed by atoms with van der Waals surface area (Å²) in [5.74, 6) is 0.789. The number of carbonyl (C=O) groups excluding carboxylic acids is 1. The smallest absolute Gasteiger partial charge is 0.220 e. The number of carbonyl (C=O) groups is 1.